The number of imidazole rings is 1. The molecule has 35 heavy (non-hydrogen) atoms. The van der Waals surface area contributed by atoms with Crippen molar-refractivity contribution in [2.24, 2.45) is 4.99 Å². The Morgan fingerprint density at radius 3 is 2.71 bits per heavy atom. The number of amides is 1. The summed E-state index contributed by atoms with van der Waals surface area (Å²) in [5.41, 5.74) is 1.63. The second kappa shape index (κ2) is 8.65. The first-order valence-electron chi connectivity index (χ1n) is 10.6. The van der Waals surface area contributed by atoms with Gasteiger partial charge in [-0.3, -0.25) is 4.79 Å². The number of ether oxygens (including phenoxy) is 1. The molecule has 2 aliphatic rings. The summed E-state index contributed by atoms with van der Waals surface area (Å²) in [7, 11) is 0. The van der Waals surface area contributed by atoms with Crippen LogP contribution in [0.4, 0.5) is 23.2 Å². The van der Waals surface area contributed by atoms with Gasteiger partial charge < -0.3 is 19.9 Å². The second-order valence-electron chi connectivity index (χ2n) is 8.14. The number of halogens is 5. The van der Waals surface area contributed by atoms with Gasteiger partial charge in [0.1, 0.15) is 0 Å². The minimum Gasteiger partial charge on any atom is -0.352 e. The molecule has 2 N–H and O–H groups in total. The zero-order chi connectivity index (χ0) is 24.9. The smallest absolute Gasteiger partial charge is 0.348 e. The number of nitrogens with zero attached hydrogens (tertiary/aromatic N) is 3. The molecule has 0 radical (unpaired) electrons. The Hall–Kier alpha value is -3.44. The van der Waals surface area contributed by atoms with E-state index in [9.17, 15) is 22.4 Å². The number of benzene rings is 2. The molecule has 2 aliphatic heterocycles. The lowest BCUT2D eigenvalue weighted by atomic mass is 9.98. The molecule has 2 unspecified atom stereocenters. The number of aromatic nitrogens is 2. The topological polar surface area (TPSA) is 80.5 Å². The zero-order valence-corrected chi connectivity index (χ0v) is 18.9. The van der Waals surface area contributed by atoms with Gasteiger partial charge in [0.25, 0.3) is 12.3 Å². The maximum absolute atomic E-state index is 13.9. The molecule has 1 amide bonds. The van der Waals surface area contributed by atoms with Crippen LogP contribution < -0.4 is 10.6 Å². The van der Waals surface area contributed by atoms with Crippen LogP contribution in [0.1, 0.15) is 46.7 Å². The fourth-order valence-corrected chi connectivity index (χ4v) is 4.31. The fourth-order valence-electron chi connectivity index (χ4n) is 4.18. The number of carbonyl (C=O) groups is 1. The van der Waals surface area contributed by atoms with Gasteiger partial charge in [0, 0.05) is 34.2 Å². The van der Waals surface area contributed by atoms with Gasteiger partial charge in [0.15, 0.2) is 12.1 Å². The molecule has 0 spiro atoms. The maximum atomic E-state index is 13.9. The van der Waals surface area contributed by atoms with Gasteiger partial charge in [-0.15, -0.1) is 0 Å². The van der Waals surface area contributed by atoms with Crippen LogP contribution in [0.25, 0.3) is 16.6 Å². The Balaban J connectivity index is 1.60. The molecule has 2 atom stereocenters. The van der Waals surface area contributed by atoms with Crippen molar-refractivity contribution in [2.45, 2.75) is 31.0 Å². The van der Waals surface area contributed by atoms with E-state index in [0.29, 0.717) is 16.7 Å². The molecule has 12 heteroatoms. The summed E-state index contributed by atoms with van der Waals surface area (Å²) in [6.45, 7) is 1.87. The van der Waals surface area contributed by atoms with Gasteiger partial charge in [-0.1, -0.05) is 0 Å². The third-order valence-electron chi connectivity index (χ3n) is 5.78. The zero-order valence-electron chi connectivity index (χ0n) is 18.1. The number of fused-ring (bicyclic) bond motifs is 2. The van der Waals surface area contributed by atoms with Gasteiger partial charge in [0.05, 0.1) is 30.0 Å². The quantitative estimate of drug-likeness (QED) is 0.366. The lowest BCUT2D eigenvalue weighted by Crippen LogP contribution is -2.28. The molecule has 1 aromatic heterocycles. The first kappa shape index (κ1) is 23.3. The minimum absolute atomic E-state index is 0.129. The Morgan fingerprint density at radius 1 is 1.29 bits per heavy atom. The summed E-state index contributed by atoms with van der Waals surface area (Å²) < 4.78 is 61.6. The van der Waals surface area contributed by atoms with Crippen LogP contribution in [-0.2, 0) is 10.1 Å². The molecule has 5 rings (SSSR count). The van der Waals surface area contributed by atoms with Crippen LogP contribution in [0.5, 0.6) is 0 Å². The first-order valence-corrected chi connectivity index (χ1v) is 10.9. The summed E-state index contributed by atoms with van der Waals surface area (Å²) in [6.07, 6.45) is -0.442. The largest absolute Gasteiger partial charge is 0.352 e. The van der Waals surface area contributed by atoms with Crippen molar-refractivity contribution in [3.05, 3.63) is 65.1 Å². The van der Waals surface area contributed by atoms with Crippen molar-refractivity contribution >= 4 is 46.1 Å². The average Bonchev–Trinajstić information content (AvgIpc) is 3.21. The molecule has 0 aliphatic carbocycles. The third kappa shape index (κ3) is 4.25. The van der Waals surface area contributed by atoms with E-state index < -0.39 is 41.4 Å². The number of carbonyl (C=O) groups excluding carboxylic acids is 1. The van der Waals surface area contributed by atoms with Crippen LogP contribution >= 0.6 is 11.6 Å². The Morgan fingerprint density at radius 2 is 2.03 bits per heavy atom. The summed E-state index contributed by atoms with van der Waals surface area (Å²) >= 11 is 5.02. The molecule has 0 saturated carbocycles. The number of alkyl halides is 5. The summed E-state index contributed by atoms with van der Waals surface area (Å²) in [5, 5.41) is 1.95. The van der Waals surface area contributed by atoms with Crippen molar-refractivity contribution in [2.75, 3.05) is 11.9 Å². The highest BCUT2D eigenvalue weighted by Crippen LogP contribution is 2.38. The third-order valence-corrected chi connectivity index (χ3v) is 5.99. The number of hydrogen-bond acceptors (Lipinski definition) is 5. The average molecular weight is 508 g/mol. The lowest BCUT2D eigenvalue weighted by molar-refractivity contribution is 0.0675. The molecule has 182 valence electrons. The van der Waals surface area contributed by atoms with Crippen molar-refractivity contribution in [1.82, 2.24) is 14.9 Å². The van der Waals surface area contributed by atoms with E-state index in [1.165, 1.54) is 29.1 Å². The molecule has 0 bridgehead atoms. The van der Waals surface area contributed by atoms with Crippen LogP contribution in [0, 0.1) is 0 Å². The van der Waals surface area contributed by atoms with Crippen molar-refractivity contribution in [3.63, 3.8) is 0 Å². The van der Waals surface area contributed by atoms with E-state index in [1.54, 1.807) is 19.2 Å². The predicted molar refractivity (Wildman–Crippen MR) is 123 cm³/mol. The van der Waals surface area contributed by atoms with Gasteiger partial charge in [-0.25, -0.2) is 18.8 Å². The Bertz CT molecular complexity index is 1360. The van der Waals surface area contributed by atoms with Gasteiger partial charge in [0.2, 0.25) is 0 Å². The highest BCUT2D eigenvalue weighted by Gasteiger charge is 2.32. The van der Waals surface area contributed by atoms with Crippen LogP contribution in [0.2, 0.25) is 0 Å². The normalized spacial score (nSPS) is 19.6. The highest BCUT2D eigenvalue weighted by molar-refractivity contribution is 6.21. The summed E-state index contributed by atoms with van der Waals surface area (Å²) in [4.78, 5) is 21.5. The maximum Gasteiger partial charge on any atom is 0.348 e. The monoisotopic (exact) mass is 507 g/mol. The van der Waals surface area contributed by atoms with Crippen LogP contribution in [0.3, 0.4) is 0 Å². The fraction of sp³-hybridized carbons (Fsp3) is 0.261. The molecule has 3 aromatic rings. The molecule has 0 saturated heterocycles. The Kier molecular flexibility index (Phi) is 5.76. The SMILES string of the molecule is CC1COC2N=CNC=C2c2cc(C(=O)Nc3ccc(C(F)(F)Cl)cc3)cc3nc(C(F)F)n1c23. The molecule has 2 aromatic carbocycles. The lowest BCUT2D eigenvalue weighted by Gasteiger charge is -2.28. The first-order chi connectivity index (χ1) is 16.6. The van der Waals surface area contributed by atoms with E-state index in [2.05, 4.69) is 20.6 Å². The predicted octanol–water partition coefficient (Wildman–Crippen LogP) is 5.40. The van der Waals surface area contributed by atoms with Gasteiger partial charge >= 0.3 is 5.38 Å². The summed E-state index contributed by atoms with van der Waals surface area (Å²) in [6, 6.07) is 7.28. The van der Waals surface area contributed by atoms with Gasteiger partial charge in [-0.2, -0.15) is 8.78 Å². The minimum atomic E-state index is -3.53. The van der Waals surface area contributed by atoms with Gasteiger partial charge in [-0.05, 0) is 54.9 Å². The second-order valence-corrected chi connectivity index (χ2v) is 8.62. The molecule has 7 nitrogen and oxygen atoms in total. The number of anilines is 1. The molecule has 0 fully saturated rings. The number of hydrogen-bond donors (Lipinski definition) is 2. The van der Waals surface area contributed by atoms with Crippen molar-refractivity contribution in [1.29, 1.82) is 0 Å². The van der Waals surface area contributed by atoms with E-state index in [1.807, 2.05) is 0 Å². The molecular weight excluding hydrogens is 490 g/mol. The molecule has 3 heterocycles. The summed E-state index contributed by atoms with van der Waals surface area (Å²) in [5.74, 6) is -1.01. The van der Waals surface area contributed by atoms with E-state index >= 15 is 0 Å². The van der Waals surface area contributed by atoms with E-state index in [0.717, 1.165) is 12.1 Å². The molecular formula is C23H18ClF4N5O2. The number of rotatable bonds is 4. The number of aliphatic imine (C=N–C) groups is 1. The van der Waals surface area contributed by atoms with Crippen LogP contribution in [0.15, 0.2) is 47.6 Å². The Labute approximate surface area is 201 Å². The highest BCUT2D eigenvalue weighted by atomic mass is 35.5. The standard InChI is InChI=1S/C23H18ClF4N5O2/c1-11-9-35-22-16(8-29-10-30-22)15-6-12(7-17-18(15)33(11)20(32-17)19(25)26)21(34)31-14-4-2-13(3-5-14)23(24,27)28/h2-8,10-11,19,22H,9H2,1H3,(H,29,30)(H,31,34). The van der Waals surface area contributed by atoms with Crippen molar-refractivity contribution in [3.8, 4) is 0 Å². The van der Waals surface area contributed by atoms with Crippen molar-refractivity contribution < 1.29 is 27.1 Å². The van der Waals surface area contributed by atoms with Crippen LogP contribution in [-0.4, -0.2) is 34.6 Å². The van der Waals surface area contributed by atoms with E-state index in [-0.39, 0.29) is 23.4 Å². The van der Waals surface area contributed by atoms with E-state index in [4.69, 9.17) is 16.3 Å². The number of nitrogens with one attached hydrogen (secondary N) is 2.